The number of aliphatic imine (C=N–C) groups is 1. The Balaban J connectivity index is 2.69. The van der Waals surface area contributed by atoms with Gasteiger partial charge < -0.3 is 19.9 Å². The van der Waals surface area contributed by atoms with Crippen LogP contribution in [0.25, 0.3) is 0 Å². The summed E-state index contributed by atoms with van der Waals surface area (Å²) in [5, 5.41) is 6.27. The normalized spacial score (nSPS) is 11.4. The minimum Gasteiger partial charge on any atom is -0.383 e. The molecule has 0 aliphatic heterocycles. The number of likely N-dealkylation sites (N-methyl/N-ethyl adjacent to an activating group) is 1. The topological polar surface area (TPSA) is 70.1 Å². The molecule has 8 heteroatoms. The number of nitrogens with one attached hydrogen (secondary N) is 1. The minimum atomic E-state index is -0.0380. The Labute approximate surface area is 136 Å². The molecule has 7 nitrogen and oxygen atoms in total. The molecule has 0 saturated carbocycles. The summed E-state index contributed by atoms with van der Waals surface area (Å²) in [7, 11) is 7.01. The highest BCUT2D eigenvalue weighted by molar-refractivity contribution is 7.09. The molecule has 0 aliphatic carbocycles. The molecule has 1 rings (SSSR count). The van der Waals surface area contributed by atoms with Crippen LogP contribution in [0, 0.1) is 6.92 Å². The predicted molar refractivity (Wildman–Crippen MR) is 89.2 cm³/mol. The lowest BCUT2D eigenvalue weighted by molar-refractivity contribution is -0.127. The third-order valence-corrected chi connectivity index (χ3v) is 3.70. The van der Waals surface area contributed by atoms with Gasteiger partial charge in [0.25, 0.3) is 0 Å². The fraction of sp³-hybridized carbons (Fsp3) is 0.643. The van der Waals surface area contributed by atoms with E-state index >= 15 is 0 Å². The van der Waals surface area contributed by atoms with Crippen molar-refractivity contribution >= 4 is 23.2 Å². The number of hydrogen-bond donors (Lipinski definition) is 1. The number of hydrogen-bond acceptors (Lipinski definition) is 5. The maximum absolute atomic E-state index is 11.7. The molecule has 0 fully saturated rings. The second-order valence-electron chi connectivity index (χ2n) is 5.06. The van der Waals surface area contributed by atoms with Crippen molar-refractivity contribution in [2.45, 2.75) is 13.5 Å². The van der Waals surface area contributed by atoms with Crippen molar-refractivity contribution in [3.63, 3.8) is 0 Å². The van der Waals surface area contributed by atoms with Gasteiger partial charge in [0.2, 0.25) is 5.91 Å². The first-order chi connectivity index (χ1) is 10.4. The second kappa shape index (κ2) is 9.37. The van der Waals surface area contributed by atoms with Gasteiger partial charge in [-0.1, -0.05) is 0 Å². The summed E-state index contributed by atoms with van der Waals surface area (Å²) in [6.45, 7) is 3.94. The van der Waals surface area contributed by atoms with Gasteiger partial charge in [0.15, 0.2) is 5.96 Å². The number of carbonyl (C=O) groups is 1. The first-order valence-electron chi connectivity index (χ1n) is 7.03. The van der Waals surface area contributed by atoms with Crippen LogP contribution >= 0.6 is 11.3 Å². The zero-order valence-electron chi connectivity index (χ0n) is 13.9. The molecule has 0 spiro atoms. The summed E-state index contributed by atoms with van der Waals surface area (Å²) in [6, 6.07) is 0. The summed E-state index contributed by atoms with van der Waals surface area (Å²) in [6.07, 6.45) is 0. The number of nitrogens with zero attached hydrogens (tertiary/aromatic N) is 4. The molecule has 1 N–H and O–H groups in total. The number of ether oxygens (including phenoxy) is 1. The van der Waals surface area contributed by atoms with Crippen LogP contribution in [-0.4, -0.2) is 74.6 Å². The Bertz CT molecular complexity index is 501. The maximum Gasteiger partial charge on any atom is 0.243 e. The number of methoxy groups -OCH3 is 1. The van der Waals surface area contributed by atoms with Gasteiger partial charge in [0.05, 0.1) is 23.9 Å². The summed E-state index contributed by atoms with van der Waals surface area (Å²) < 4.78 is 5.04. The quantitative estimate of drug-likeness (QED) is 0.450. The van der Waals surface area contributed by atoms with Gasteiger partial charge in [0, 0.05) is 40.2 Å². The lowest BCUT2D eigenvalue weighted by Crippen LogP contribution is -2.41. The van der Waals surface area contributed by atoms with Crippen LogP contribution in [-0.2, 0) is 16.1 Å². The molecule has 0 aromatic carbocycles. The number of rotatable bonds is 7. The van der Waals surface area contributed by atoms with E-state index in [-0.39, 0.29) is 12.5 Å². The SMILES string of the molecule is COCCNC(=NCC(=O)N(C)C)N(C)Cc1csc(C)n1. The van der Waals surface area contributed by atoms with Gasteiger partial charge in [-0.3, -0.25) is 4.79 Å². The fourth-order valence-electron chi connectivity index (χ4n) is 1.66. The van der Waals surface area contributed by atoms with Crippen molar-refractivity contribution in [3.05, 3.63) is 16.1 Å². The van der Waals surface area contributed by atoms with Gasteiger partial charge in [-0.2, -0.15) is 0 Å². The molecule has 124 valence electrons. The van der Waals surface area contributed by atoms with Crippen LogP contribution in [0.4, 0.5) is 0 Å². The van der Waals surface area contributed by atoms with Gasteiger partial charge in [-0.05, 0) is 6.92 Å². The van der Waals surface area contributed by atoms with Gasteiger partial charge in [0.1, 0.15) is 6.54 Å². The monoisotopic (exact) mass is 327 g/mol. The largest absolute Gasteiger partial charge is 0.383 e. The van der Waals surface area contributed by atoms with Gasteiger partial charge in [-0.25, -0.2) is 9.98 Å². The van der Waals surface area contributed by atoms with E-state index < -0.39 is 0 Å². The molecule has 1 amide bonds. The molecular formula is C14H25N5O2S. The second-order valence-corrected chi connectivity index (χ2v) is 6.12. The first-order valence-corrected chi connectivity index (χ1v) is 7.91. The van der Waals surface area contributed by atoms with Crippen LogP contribution in [0.5, 0.6) is 0 Å². The molecular weight excluding hydrogens is 302 g/mol. The first kappa shape index (κ1) is 18.4. The average Bonchev–Trinajstić information content (AvgIpc) is 2.87. The Morgan fingerprint density at radius 3 is 2.73 bits per heavy atom. The third-order valence-electron chi connectivity index (χ3n) is 2.88. The van der Waals surface area contributed by atoms with E-state index in [0.717, 1.165) is 10.7 Å². The third kappa shape index (κ3) is 6.40. The highest BCUT2D eigenvalue weighted by atomic mass is 32.1. The van der Waals surface area contributed by atoms with Crippen LogP contribution in [0.1, 0.15) is 10.7 Å². The number of amides is 1. The molecule has 0 atom stereocenters. The summed E-state index contributed by atoms with van der Waals surface area (Å²) in [5.41, 5.74) is 0.991. The molecule has 0 bridgehead atoms. The minimum absolute atomic E-state index is 0.0380. The highest BCUT2D eigenvalue weighted by Gasteiger charge is 2.10. The van der Waals surface area contributed by atoms with E-state index in [1.807, 2.05) is 24.3 Å². The van der Waals surface area contributed by atoms with Crippen LogP contribution < -0.4 is 5.32 Å². The number of carbonyl (C=O) groups excluding carboxylic acids is 1. The van der Waals surface area contributed by atoms with Crippen molar-refractivity contribution in [2.75, 3.05) is 47.9 Å². The summed E-state index contributed by atoms with van der Waals surface area (Å²) in [4.78, 5) is 24.0. The molecule has 22 heavy (non-hydrogen) atoms. The van der Waals surface area contributed by atoms with Crippen molar-refractivity contribution in [1.82, 2.24) is 20.1 Å². The zero-order chi connectivity index (χ0) is 16.5. The molecule has 0 unspecified atom stereocenters. The van der Waals surface area contributed by atoms with Crippen LogP contribution in [0.3, 0.4) is 0 Å². The molecule has 0 saturated heterocycles. The van der Waals surface area contributed by atoms with E-state index in [0.29, 0.717) is 25.7 Å². The maximum atomic E-state index is 11.7. The Hall–Kier alpha value is -1.67. The highest BCUT2D eigenvalue weighted by Crippen LogP contribution is 2.09. The summed E-state index contributed by atoms with van der Waals surface area (Å²) >= 11 is 1.62. The number of guanidine groups is 1. The van der Waals surface area contributed by atoms with Crippen LogP contribution in [0.2, 0.25) is 0 Å². The average molecular weight is 327 g/mol. The van der Waals surface area contributed by atoms with E-state index in [1.165, 1.54) is 4.90 Å². The summed E-state index contributed by atoms with van der Waals surface area (Å²) in [5.74, 6) is 0.627. The predicted octanol–water partition coefficient (Wildman–Crippen LogP) is 0.564. The van der Waals surface area contributed by atoms with E-state index in [2.05, 4.69) is 15.3 Å². The van der Waals surface area contributed by atoms with E-state index in [1.54, 1.807) is 32.5 Å². The zero-order valence-corrected chi connectivity index (χ0v) is 14.7. The van der Waals surface area contributed by atoms with Crippen molar-refractivity contribution < 1.29 is 9.53 Å². The molecule has 0 radical (unpaired) electrons. The van der Waals surface area contributed by atoms with E-state index in [9.17, 15) is 4.79 Å². The van der Waals surface area contributed by atoms with Crippen LogP contribution in [0.15, 0.2) is 10.4 Å². The number of aryl methyl sites for hydroxylation is 1. The molecule has 1 heterocycles. The van der Waals surface area contributed by atoms with E-state index in [4.69, 9.17) is 4.74 Å². The Morgan fingerprint density at radius 2 is 2.18 bits per heavy atom. The van der Waals surface area contributed by atoms with Crippen molar-refractivity contribution in [3.8, 4) is 0 Å². The molecule has 1 aromatic rings. The van der Waals surface area contributed by atoms with Gasteiger partial charge in [-0.15, -0.1) is 11.3 Å². The fourth-order valence-corrected chi connectivity index (χ4v) is 2.26. The number of aromatic nitrogens is 1. The lowest BCUT2D eigenvalue weighted by atomic mass is 10.4. The van der Waals surface area contributed by atoms with Crippen molar-refractivity contribution in [1.29, 1.82) is 0 Å². The lowest BCUT2D eigenvalue weighted by Gasteiger charge is -2.22. The standard InChI is InChI=1S/C14H25N5O2S/c1-11-17-12(10-22-11)9-19(4)14(15-6-7-21-5)16-8-13(20)18(2)3/h10H,6-9H2,1-5H3,(H,15,16). The Kier molecular flexibility index (Phi) is 7.83. The molecule has 1 aromatic heterocycles. The van der Waals surface area contributed by atoms with Gasteiger partial charge >= 0.3 is 0 Å². The molecule has 0 aliphatic rings. The van der Waals surface area contributed by atoms with Crippen molar-refractivity contribution in [2.24, 2.45) is 4.99 Å². The number of thiazole rings is 1. The Morgan fingerprint density at radius 1 is 1.45 bits per heavy atom. The smallest absolute Gasteiger partial charge is 0.243 e.